The van der Waals surface area contributed by atoms with Gasteiger partial charge in [0.15, 0.2) is 4.34 Å². The number of carboxylic acids is 1. The van der Waals surface area contributed by atoms with E-state index in [0.717, 1.165) is 18.6 Å². The van der Waals surface area contributed by atoms with E-state index in [1.54, 1.807) is 0 Å². The highest BCUT2D eigenvalue weighted by Gasteiger charge is 2.15. The molecular weight excluding hydrogens is 289 g/mol. The lowest BCUT2D eigenvalue weighted by atomic mass is 10.2. The fourth-order valence-electron chi connectivity index (χ4n) is 1.34. The molecule has 3 N–H and O–H groups in total. The monoisotopic (exact) mass is 299 g/mol. The van der Waals surface area contributed by atoms with Gasteiger partial charge in [0.2, 0.25) is 0 Å². The first-order chi connectivity index (χ1) is 9.01. The number of aromatic carboxylic acids is 1. The molecule has 19 heavy (non-hydrogen) atoms. The molecule has 0 aliphatic heterocycles. The highest BCUT2D eigenvalue weighted by Crippen LogP contribution is 2.34. The fourth-order valence-corrected chi connectivity index (χ4v) is 3.05. The first-order valence-electron chi connectivity index (χ1n) is 5.34. The molecule has 0 atom stereocenters. The smallest absolute Gasteiger partial charge is 0.338 e. The Hall–Kier alpha value is -1.67. The van der Waals surface area contributed by atoms with Gasteiger partial charge < -0.3 is 10.8 Å². The molecule has 2 rings (SSSR count). The molecule has 0 radical (unpaired) electrons. The van der Waals surface area contributed by atoms with Crippen LogP contribution in [0.15, 0.2) is 21.4 Å². The summed E-state index contributed by atoms with van der Waals surface area (Å²) >= 11 is 2.37. The standard InChI is InChI=1S/C11H10FN3O2S2/c1-2-9-14-11(19-15-9)18-8-4-6(12)5(10(16)17)3-7(8)13/h3-4H,2,13H2,1H3,(H,16,17). The number of hydrogen-bond acceptors (Lipinski definition) is 6. The van der Waals surface area contributed by atoms with Crippen LogP contribution < -0.4 is 5.73 Å². The van der Waals surface area contributed by atoms with Crippen molar-refractivity contribution in [2.75, 3.05) is 5.73 Å². The van der Waals surface area contributed by atoms with Crippen LogP contribution in [-0.2, 0) is 6.42 Å². The van der Waals surface area contributed by atoms with Gasteiger partial charge in [0, 0.05) is 17.0 Å². The number of benzene rings is 1. The molecule has 0 saturated heterocycles. The molecule has 0 aliphatic carbocycles. The summed E-state index contributed by atoms with van der Waals surface area (Å²) in [4.78, 5) is 15.4. The average molecular weight is 299 g/mol. The lowest BCUT2D eigenvalue weighted by molar-refractivity contribution is 0.0692. The SMILES string of the molecule is CCc1nsc(Sc2cc(F)c(C(=O)O)cc2N)n1. The van der Waals surface area contributed by atoms with Crippen molar-refractivity contribution in [2.45, 2.75) is 22.6 Å². The Balaban J connectivity index is 2.30. The number of hydrogen-bond donors (Lipinski definition) is 2. The maximum atomic E-state index is 13.6. The number of aromatic nitrogens is 2. The van der Waals surface area contributed by atoms with Gasteiger partial charge in [-0.2, -0.15) is 4.37 Å². The third-order valence-corrected chi connectivity index (χ3v) is 4.16. The quantitative estimate of drug-likeness (QED) is 0.844. The van der Waals surface area contributed by atoms with E-state index in [0.29, 0.717) is 15.1 Å². The van der Waals surface area contributed by atoms with E-state index in [4.69, 9.17) is 10.8 Å². The number of nitrogen functional groups attached to an aromatic ring is 1. The summed E-state index contributed by atoms with van der Waals surface area (Å²) in [6, 6.07) is 2.22. The van der Waals surface area contributed by atoms with Crippen LogP contribution in [0.25, 0.3) is 0 Å². The third kappa shape index (κ3) is 3.02. The molecule has 0 spiro atoms. The zero-order valence-electron chi connectivity index (χ0n) is 9.88. The Morgan fingerprint density at radius 3 is 2.89 bits per heavy atom. The minimum Gasteiger partial charge on any atom is -0.478 e. The van der Waals surface area contributed by atoms with Crippen molar-refractivity contribution < 1.29 is 14.3 Å². The van der Waals surface area contributed by atoms with E-state index in [1.807, 2.05) is 6.92 Å². The maximum Gasteiger partial charge on any atom is 0.338 e. The minimum atomic E-state index is -1.34. The van der Waals surface area contributed by atoms with Crippen molar-refractivity contribution in [3.63, 3.8) is 0 Å². The molecule has 0 fully saturated rings. The van der Waals surface area contributed by atoms with Gasteiger partial charge in [-0.15, -0.1) is 0 Å². The first kappa shape index (κ1) is 13.8. The first-order valence-corrected chi connectivity index (χ1v) is 6.93. The number of halogens is 1. The van der Waals surface area contributed by atoms with Crippen molar-refractivity contribution >= 4 is 35.0 Å². The van der Waals surface area contributed by atoms with Crippen LogP contribution in [0.5, 0.6) is 0 Å². The van der Waals surface area contributed by atoms with Gasteiger partial charge in [0.1, 0.15) is 11.6 Å². The van der Waals surface area contributed by atoms with Crippen LogP contribution in [0.1, 0.15) is 23.1 Å². The summed E-state index contributed by atoms with van der Waals surface area (Å²) in [5.41, 5.74) is 5.49. The molecule has 5 nitrogen and oxygen atoms in total. The molecular formula is C11H10FN3O2S2. The molecule has 0 bridgehead atoms. The summed E-state index contributed by atoms with van der Waals surface area (Å²) in [7, 11) is 0. The van der Waals surface area contributed by atoms with Gasteiger partial charge >= 0.3 is 5.97 Å². The van der Waals surface area contributed by atoms with Crippen molar-refractivity contribution in [1.82, 2.24) is 9.36 Å². The summed E-state index contributed by atoms with van der Waals surface area (Å²) < 4.78 is 18.3. The Morgan fingerprint density at radius 2 is 2.32 bits per heavy atom. The molecule has 100 valence electrons. The zero-order valence-corrected chi connectivity index (χ0v) is 11.5. The van der Waals surface area contributed by atoms with Crippen molar-refractivity contribution in [3.05, 3.63) is 29.3 Å². The van der Waals surface area contributed by atoms with Gasteiger partial charge in [-0.25, -0.2) is 14.2 Å². The van der Waals surface area contributed by atoms with E-state index in [1.165, 1.54) is 23.3 Å². The molecule has 2 aromatic rings. The molecule has 1 aromatic carbocycles. The van der Waals surface area contributed by atoms with Gasteiger partial charge in [-0.1, -0.05) is 18.7 Å². The highest BCUT2D eigenvalue weighted by atomic mass is 32.2. The van der Waals surface area contributed by atoms with Gasteiger partial charge in [-0.05, 0) is 23.7 Å². The van der Waals surface area contributed by atoms with E-state index in [-0.39, 0.29) is 5.69 Å². The van der Waals surface area contributed by atoms with Crippen molar-refractivity contribution in [2.24, 2.45) is 0 Å². The molecule has 0 aliphatic rings. The molecule has 0 saturated carbocycles. The predicted molar refractivity (Wildman–Crippen MR) is 71.2 cm³/mol. The van der Waals surface area contributed by atoms with E-state index < -0.39 is 17.3 Å². The van der Waals surface area contributed by atoms with Gasteiger partial charge in [0.25, 0.3) is 0 Å². The van der Waals surface area contributed by atoms with Crippen molar-refractivity contribution in [3.8, 4) is 0 Å². The number of carboxylic acid groups (broad SMARTS) is 1. The highest BCUT2D eigenvalue weighted by molar-refractivity contribution is 8.01. The Labute approximate surface area is 116 Å². The molecule has 8 heteroatoms. The normalized spacial score (nSPS) is 10.6. The van der Waals surface area contributed by atoms with E-state index >= 15 is 0 Å². The minimum absolute atomic E-state index is 0.206. The van der Waals surface area contributed by atoms with Crippen LogP contribution in [-0.4, -0.2) is 20.4 Å². The van der Waals surface area contributed by atoms with Crippen LogP contribution in [0.4, 0.5) is 10.1 Å². The number of aryl methyl sites for hydroxylation is 1. The second kappa shape index (κ2) is 5.54. The number of carbonyl (C=O) groups is 1. The summed E-state index contributed by atoms with van der Waals surface area (Å²) in [5, 5.41) is 8.78. The Morgan fingerprint density at radius 1 is 1.58 bits per heavy atom. The topological polar surface area (TPSA) is 89.1 Å². The zero-order chi connectivity index (χ0) is 14.0. The third-order valence-electron chi connectivity index (χ3n) is 2.29. The van der Waals surface area contributed by atoms with Crippen LogP contribution in [0, 0.1) is 5.82 Å². The number of anilines is 1. The summed E-state index contributed by atoms with van der Waals surface area (Å²) in [5.74, 6) is -1.44. The molecule has 0 unspecified atom stereocenters. The van der Waals surface area contributed by atoms with Crippen LogP contribution >= 0.6 is 23.3 Å². The average Bonchev–Trinajstić information content (AvgIpc) is 2.80. The molecule has 1 aromatic heterocycles. The van der Waals surface area contributed by atoms with Gasteiger partial charge in [0.05, 0.1) is 5.56 Å². The second-order valence-electron chi connectivity index (χ2n) is 3.61. The van der Waals surface area contributed by atoms with E-state index in [2.05, 4.69) is 9.36 Å². The van der Waals surface area contributed by atoms with E-state index in [9.17, 15) is 9.18 Å². The molecule has 1 heterocycles. The maximum absolute atomic E-state index is 13.6. The lowest BCUT2D eigenvalue weighted by Crippen LogP contribution is -2.03. The predicted octanol–water partition coefficient (Wildman–Crippen LogP) is 2.67. The second-order valence-corrected chi connectivity index (χ2v) is 5.65. The number of nitrogens with zero attached hydrogens (tertiary/aromatic N) is 2. The summed E-state index contributed by atoms with van der Waals surface area (Å²) in [6.45, 7) is 1.94. The van der Waals surface area contributed by atoms with Gasteiger partial charge in [-0.3, -0.25) is 0 Å². The number of nitrogens with two attached hydrogens (primary N) is 1. The molecule has 0 amide bonds. The Bertz CT molecular complexity index is 630. The fraction of sp³-hybridized carbons (Fsp3) is 0.182. The van der Waals surface area contributed by atoms with Crippen molar-refractivity contribution in [1.29, 1.82) is 0 Å². The van der Waals surface area contributed by atoms with Crippen LogP contribution in [0.3, 0.4) is 0 Å². The van der Waals surface area contributed by atoms with Crippen LogP contribution in [0.2, 0.25) is 0 Å². The summed E-state index contributed by atoms with van der Waals surface area (Å²) in [6.07, 6.45) is 0.721. The number of rotatable bonds is 4. The lowest BCUT2D eigenvalue weighted by Gasteiger charge is -2.05. The largest absolute Gasteiger partial charge is 0.478 e. The Kier molecular flexibility index (Phi) is 4.01.